The van der Waals surface area contributed by atoms with Crippen molar-refractivity contribution in [1.82, 2.24) is 20.5 Å². The topological polar surface area (TPSA) is 52.6 Å². The van der Waals surface area contributed by atoms with E-state index >= 15 is 0 Å². The third-order valence-electron chi connectivity index (χ3n) is 4.56. The minimum Gasteiger partial charge on any atom is -0.356 e. The van der Waals surface area contributed by atoms with Gasteiger partial charge in [-0.2, -0.15) is 0 Å². The van der Waals surface area contributed by atoms with Gasteiger partial charge in [0.05, 0.1) is 10.7 Å². The highest BCUT2D eigenvalue weighted by Gasteiger charge is 2.13. The van der Waals surface area contributed by atoms with Crippen LogP contribution in [-0.4, -0.2) is 55.6 Å². The van der Waals surface area contributed by atoms with Crippen LogP contribution < -0.4 is 10.6 Å². The zero-order chi connectivity index (χ0) is 17.4. The highest BCUT2D eigenvalue weighted by Crippen LogP contribution is 2.16. The lowest BCUT2D eigenvalue weighted by atomic mass is 10.1. The lowest BCUT2D eigenvalue weighted by Crippen LogP contribution is -2.42. The average molecular weight is 479 g/mol. The maximum Gasteiger partial charge on any atom is 0.190 e. The Morgan fingerprint density at radius 3 is 2.56 bits per heavy atom. The molecule has 0 aromatic carbocycles. The molecule has 1 aliphatic rings. The summed E-state index contributed by atoms with van der Waals surface area (Å²) in [6.07, 6.45) is 5.07. The van der Waals surface area contributed by atoms with Crippen molar-refractivity contribution in [3.63, 3.8) is 0 Å². The number of aliphatic imine (C=N–C) groups is 1. The first-order chi connectivity index (χ1) is 11.6. The van der Waals surface area contributed by atoms with Crippen molar-refractivity contribution >= 4 is 41.3 Å². The van der Waals surface area contributed by atoms with E-state index in [0.717, 1.165) is 31.2 Å². The molecular formula is C18H34IN5S. The molecule has 2 N–H and O–H groups in total. The predicted molar refractivity (Wildman–Crippen MR) is 120 cm³/mol. The molecule has 1 saturated heterocycles. The first kappa shape index (κ1) is 22.6. The molecule has 2 rings (SSSR count). The van der Waals surface area contributed by atoms with E-state index in [0.29, 0.717) is 5.92 Å². The monoisotopic (exact) mass is 479 g/mol. The number of hydrogen-bond acceptors (Lipinski definition) is 4. The van der Waals surface area contributed by atoms with Gasteiger partial charge in [-0.25, -0.2) is 4.98 Å². The van der Waals surface area contributed by atoms with Crippen molar-refractivity contribution in [3.05, 3.63) is 15.6 Å². The average Bonchev–Trinajstić information content (AvgIpc) is 2.89. The van der Waals surface area contributed by atoms with Gasteiger partial charge in [-0.15, -0.1) is 35.3 Å². The molecule has 0 radical (unpaired) electrons. The lowest BCUT2D eigenvalue weighted by molar-refractivity contribution is 0.201. The van der Waals surface area contributed by atoms with Gasteiger partial charge >= 0.3 is 0 Å². The molecule has 5 nitrogen and oxygen atoms in total. The maximum absolute atomic E-state index is 4.58. The van der Waals surface area contributed by atoms with Gasteiger partial charge in [0.2, 0.25) is 0 Å². The van der Waals surface area contributed by atoms with Crippen LogP contribution >= 0.6 is 35.3 Å². The van der Waals surface area contributed by atoms with E-state index in [4.69, 9.17) is 0 Å². The van der Waals surface area contributed by atoms with Crippen molar-refractivity contribution in [2.75, 3.05) is 39.8 Å². The Kier molecular flexibility index (Phi) is 10.9. The first-order valence-electron chi connectivity index (χ1n) is 9.18. The number of thiazole rings is 1. The highest BCUT2D eigenvalue weighted by molar-refractivity contribution is 14.0. The van der Waals surface area contributed by atoms with Crippen LogP contribution in [0.1, 0.15) is 41.8 Å². The standard InChI is InChI=1S/C18H33N5S.HI/c1-14(13-23-10-6-5-7-11-23)12-21-18(19-4)20-9-8-17-22-15(2)16(3)24-17;/h14H,5-13H2,1-4H3,(H2,19,20,21);1H. The van der Waals surface area contributed by atoms with Gasteiger partial charge in [0.15, 0.2) is 5.96 Å². The molecule has 25 heavy (non-hydrogen) atoms. The summed E-state index contributed by atoms with van der Waals surface area (Å²) in [6, 6.07) is 0. The van der Waals surface area contributed by atoms with E-state index in [-0.39, 0.29) is 24.0 Å². The fourth-order valence-electron chi connectivity index (χ4n) is 3.07. The summed E-state index contributed by atoms with van der Waals surface area (Å²) in [6.45, 7) is 12.1. The first-order valence-corrected chi connectivity index (χ1v) is 10.00. The Labute approximate surface area is 174 Å². The summed E-state index contributed by atoms with van der Waals surface area (Å²) < 4.78 is 0. The molecule has 0 amide bonds. The number of guanidine groups is 1. The molecule has 1 unspecified atom stereocenters. The third-order valence-corrected chi connectivity index (χ3v) is 5.70. The molecule has 0 bridgehead atoms. The second kappa shape index (κ2) is 12.1. The normalized spacial score (nSPS) is 17.0. The van der Waals surface area contributed by atoms with Crippen LogP contribution in [0.3, 0.4) is 0 Å². The van der Waals surface area contributed by atoms with Gasteiger partial charge in [0, 0.05) is 38.0 Å². The second-order valence-electron chi connectivity index (χ2n) is 6.85. The zero-order valence-corrected chi connectivity index (χ0v) is 19.2. The van der Waals surface area contributed by atoms with Crippen LogP contribution in [0.4, 0.5) is 0 Å². The molecular weight excluding hydrogens is 445 g/mol. The smallest absolute Gasteiger partial charge is 0.190 e. The van der Waals surface area contributed by atoms with E-state index in [1.165, 1.54) is 48.8 Å². The van der Waals surface area contributed by atoms with Crippen LogP contribution in [0.25, 0.3) is 0 Å². The van der Waals surface area contributed by atoms with Crippen LogP contribution in [0.5, 0.6) is 0 Å². The van der Waals surface area contributed by atoms with Crippen LogP contribution in [0, 0.1) is 19.8 Å². The Morgan fingerprint density at radius 2 is 1.96 bits per heavy atom. The number of aryl methyl sites for hydroxylation is 2. The van der Waals surface area contributed by atoms with E-state index < -0.39 is 0 Å². The molecule has 144 valence electrons. The minimum absolute atomic E-state index is 0. The van der Waals surface area contributed by atoms with Gasteiger partial charge in [-0.05, 0) is 45.7 Å². The molecule has 1 aromatic rings. The van der Waals surface area contributed by atoms with E-state index in [1.54, 1.807) is 11.3 Å². The fraction of sp³-hybridized carbons (Fsp3) is 0.778. The summed E-state index contributed by atoms with van der Waals surface area (Å²) in [5.41, 5.74) is 1.16. The van der Waals surface area contributed by atoms with Crippen molar-refractivity contribution in [3.8, 4) is 0 Å². The Bertz CT molecular complexity index is 506. The van der Waals surface area contributed by atoms with Crippen molar-refractivity contribution in [2.24, 2.45) is 10.9 Å². The van der Waals surface area contributed by atoms with Gasteiger partial charge in [-0.3, -0.25) is 4.99 Å². The lowest BCUT2D eigenvalue weighted by Gasteiger charge is -2.29. The summed E-state index contributed by atoms with van der Waals surface area (Å²) in [5.74, 6) is 1.52. The summed E-state index contributed by atoms with van der Waals surface area (Å²) in [4.78, 5) is 12.8. The molecule has 1 fully saturated rings. The largest absolute Gasteiger partial charge is 0.356 e. The van der Waals surface area contributed by atoms with Gasteiger partial charge < -0.3 is 15.5 Å². The number of likely N-dealkylation sites (tertiary alicyclic amines) is 1. The van der Waals surface area contributed by atoms with E-state index in [1.807, 2.05) is 7.05 Å². The molecule has 0 spiro atoms. The SMILES string of the molecule is CN=C(NCCc1nc(C)c(C)s1)NCC(C)CN1CCCCC1.I. The van der Waals surface area contributed by atoms with Gasteiger partial charge in [0.25, 0.3) is 0 Å². The quantitative estimate of drug-likeness (QED) is 0.358. The molecule has 2 heterocycles. The number of nitrogens with zero attached hydrogens (tertiary/aromatic N) is 3. The Morgan fingerprint density at radius 1 is 1.24 bits per heavy atom. The number of halogens is 1. The van der Waals surface area contributed by atoms with Gasteiger partial charge in [0.1, 0.15) is 0 Å². The van der Waals surface area contributed by atoms with Gasteiger partial charge in [-0.1, -0.05) is 13.3 Å². The summed E-state index contributed by atoms with van der Waals surface area (Å²) in [5, 5.41) is 8.05. The molecule has 0 saturated carbocycles. The molecule has 1 aromatic heterocycles. The number of hydrogen-bond donors (Lipinski definition) is 2. The van der Waals surface area contributed by atoms with Crippen molar-refractivity contribution < 1.29 is 0 Å². The number of rotatable bonds is 7. The summed E-state index contributed by atoms with van der Waals surface area (Å²) >= 11 is 1.79. The third kappa shape index (κ3) is 8.21. The van der Waals surface area contributed by atoms with E-state index in [9.17, 15) is 0 Å². The number of nitrogens with one attached hydrogen (secondary N) is 2. The second-order valence-corrected chi connectivity index (χ2v) is 8.13. The van der Waals surface area contributed by atoms with Crippen LogP contribution in [-0.2, 0) is 6.42 Å². The molecule has 0 aliphatic carbocycles. The summed E-state index contributed by atoms with van der Waals surface area (Å²) in [7, 11) is 1.84. The highest BCUT2D eigenvalue weighted by atomic mass is 127. The molecule has 7 heteroatoms. The molecule has 1 atom stereocenters. The Balaban J connectivity index is 0.00000312. The van der Waals surface area contributed by atoms with Crippen LogP contribution in [0.15, 0.2) is 4.99 Å². The number of aromatic nitrogens is 1. The zero-order valence-electron chi connectivity index (χ0n) is 16.1. The van der Waals surface area contributed by atoms with Crippen molar-refractivity contribution in [2.45, 2.75) is 46.5 Å². The fourth-order valence-corrected chi connectivity index (χ4v) is 4.01. The van der Waals surface area contributed by atoms with E-state index in [2.05, 4.69) is 46.3 Å². The predicted octanol–water partition coefficient (Wildman–Crippen LogP) is 3.21. The minimum atomic E-state index is 0. The molecule has 1 aliphatic heterocycles. The van der Waals surface area contributed by atoms with Crippen molar-refractivity contribution in [1.29, 1.82) is 0 Å². The maximum atomic E-state index is 4.58. The van der Waals surface area contributed by atoms with Crippen LogP contribution in [0.2, 0.25) is 0 Å². The Hall–Kier alpha value is -0.410. The number of piperidine rings is 1.